The lowest BCUT2D eigenvalue weighted by atomic mass is 9.99. The first kappa shape index (κ1) is 14.9. The number of hydrogen-bond acceptors (Lipinski definition) is 6. The number of rotatable bonds is 3. The van der Waals surface area contributed by atoms with E-state index in [1.807, 2.05) is 18.2 Å². The summed E-state index contributed by atoms with van der Waals surface area (Å²) in [7, 11) is 0. The van der Waals surface area contributed by atoms with Crippen molar-refractivity contribution in [3.8, 4) is 11.5 Å². The summed E-state index contributed by atoms with van der Waals surface area (Å²) >= 11 is 3.32. The van der Waals surface area contributed by atoms with E-state index in [1.54, 1.807) is 29.6 Å². The van der Waals surface area contributed by atoms with E-state index in [-0.39, 0.29) is 11.8 Å². The Morgan fingerprint density at radius 3 is 2.92 bits per heavy atom. The maximum Gasteiger partial charge on any atom is 0.255 e. The molecular weight excluding hydrogens is 374 g/mol. The van der Waals surface area contributed by atoms with Crippen molar-refractivity contribution in [3.05, 3.63) is 58.8 Å². The van der Waals surface area contributed by atoms with Crippen molar-refractivity contribution >= 4 is 21.8 Å². The number of nitrogens with zero attached hydrogens (tertiary/aromatic N) is 5. The average molecular weight is 386 g/mol. The Hall–Kier alpha value is -2.61. The van der Waals surface area contributed by atoms with Gasteiger partial charge in [-0.2, -0.15) is 4.98 Å². The third kappa shape index (κ3) is 2.80. The van der Waals surface area contributed by atoms with Crippen LogP contribution in [0.15, 0.2) is 51.9 Å². The van der Waals surface area contributed by atoms with Gasteiger partial charge < -0.3 is 9.42 Å². The van der Waals surface area contributed by atoms with Gasteiger partial charge >= 0.3 is 0 Å². The standard InChI is InChI=1S/C16H12BrN5O2/c17-12-5-10(6-18-7-12)16(23)22-8-11(9-22)15-20-14(21-24-15)13-3-1-2-4-19-13/h1-7,11H,8-9H2. The van der Waals surface area contributed by atoms with Crippen LogP contribution in [0.2, 0.25) is 0 Å². The zero-order valence-electron chi connectivity index (χ0n) is 12.5. The topological polar surface area (TPSA) is 85.0 Å². The first-order chi connectivity index (χ1) is 11.7. The Morgan fingerprint density at radius 2 is 2.17 bits per heavy atom. The van der Waals surface area contributed by atoms with Crippen LogP contribution in [-0.2, 0) is 0 Å². The molecule has 3 aromatic heterocycles. The summed E-state index contributed by atoms with van der Waals surface area (Å²) in [5.74, 6) is 1.00. The van der Waals surface area contributed by atoms with Gasteiger partial charge in [0, 0.05) is 36.2 Å². The molecule has 4 rings (SSSR count). The molecule has 120 valence electrons. The molecule has 3 aromatic rings. The molecular formula is C16H12BrN5O2. The lowest BCUT2D eigenvalue weighted by molar-refractivity contribution is 0.0568. The lowest BCUT2D eigenvalue weighted by Gasteiger charge is -2.37. The number of halogens is 1. The van der Waals surface area contributed by atoms with Crippen LogP contribution in [0, 0.1) is 0 Å². The fourth-order valence-corrected chi connectivity index (χ4v) is 2.88. The van der Waals surface area contributed by atoms with Crippen molar-refractivity contribution in [2.24, 2.45) is 0 Å². The SMILES string of the molecule is O=C(c1cncc(Br)c1)N1CC(c2nc(-c3ccccn3)no2)C1. The summed E-state index contributed by atoms with van der Waals surface area (Å²) in [4.78, 5) is 26.7. The highest BCUT2D eigenvalue weighted by Gasteiger charge is 2.36. The van der Waals surface area contributed by atoms with E-state index in [4.69, 9.17) is 4.52 Å². The van der Waals surface area contributed by atoms with Crippen LogP contribution in [0.4, 0.5) is 0 Å². The van der Waals surface area contributed by atoms with Crippen LogP contribution in [0.25, 0.3) is 11.5 Å². The summed E-state index contributed by atoms with van der Waals surface area (Å²) in [6.45, 7) is 1.10. The molecule has 1 aliphatic heterocycles. The fourth-order valence-electron chi connectivity index (χ4n) is 2.51. The second-order valence-corrected chi connectivity index (χ2v) is 6.39. The number of amides is 1. The van der Waals surface area contributed by atoms with E-state index in [2.05, 4.69) is 36.0 Å². The van der Waals surface area contributed by atoms with Crippen molar-refractivity contribution in [2.45, 2.75) is 5.92 Å². The molecule has 0 spiro atoms. The monoisotopic (exact) mass is 385 g/mol. The van der Waals surface area contributed by atoms with Gasteiger partial charge in [-0.25, -0.2) is 0 Å². The molecule has 0 saturated carbocycles. The van der Waals surface area contributed by atoms with Crippen LogP contribution >= 0.6 is 15.9 Å². The molecule has 0 unspecified atom stereocenters. The Balaban J connectivity index is 1.43. The molecule has 0 radical (unpaired) electrons. The zero-order chi connectivity index (χ0) is 16.5. The summed E-state index contributed by atoms with van der Waals surface area (Å²) in [5.41, 5.74) is 1.22. The second-order valence-electron chi connectivity index (χ2n) is 5.47. The lowest BCUT2D eigenvalue weighted by Crippen LogP contribution is -2.48. The molecule has 8 heteroatoms. The van der Waals surface area contributed by atoms with E-state index < -0.39 is 0 Å². The van der Waals surface area contributed by atoms with Crippen molar-refractivity contribution in [1.29, 1.82) is 0 Å². The first-order valence-electron chi connectivity index (χ1n) is 7.35. The van der Waals surface area contributed by atoms with Crippen molar-refractivity contribution in [2.75, 3.05) is 13.1 Å². The van der Waals surface area contributed by atoms with Crippen LogP contribution < -0.4 is 0 Å². The van der Waals surface area contributed by atoms with Crippen LogP contribution in [0.1, 0.15) is 22.2 Å². The number of pyridine rings is 2. The van der Waals surface area contributed by atoms with Gasteiger partial charge in [0.15, 0.2) is 0 Å². The molecule has 0 N–H and O–H groups in total. The Morgan fingerprint density at radius 1 is 1.29 bits per heavy atom. The Labute approximate surface area is 145 Å². The normalized spacial score (nSPS) is 14.5. The highest BCUT2D eigenvalue weighted by Crippen LogP contribution is 2.28. The van der Waals surface area contributed by atoms with Gasteiger partial charge in [-0.15, -0.1) is 0 Å². The summed E-state index contributed by atoms with van der Waals surface area (Å²) in [6, 6.07) is 7.28. The smallest absolute Gasteiger partial charge is 0.255 e. The number of carbonyl (C=O) groups excluding carboxylic acids is 1. The molecule has 1 amide bonds. The minimum atomic E-state index is -0.0514. The highest BCUT2D eigenvalue weighted by atomic mass is 79.9. The molecule has 1 aliphatic rings. The maximum atomic E-state index is 12.4. The fraction of sp³-hybridized carbons (Fsp3) is 0.188. The number of carbonyl (C=O) groups is 1. The Bertz CT molecular complexity index is 877. The molecule has 1 saturated heterocycles. The third-order valence-corrected chi connectivity index (χ3v) is 4.24. The van der Waals surface area contributed by atoms with Gasteiger partial charge in [-0.05, 0) is 34.1 Å². The number of likely N-dealkylation sites (tertiary alicyclic amines) is 1. The predicted octanol–water partition coefficient (Wildman–Crippen LogP) is 2.53. The summed E-state index contributed by atoms with van der Waals surface area (Å²) in [6.07, 6.45) is 4.89. The molecule has 0 bridgehead atoms. The molecule has 0 atom stereocenters. The van der Waals surface area contributed by atoms with E-state index in [9.17, 15) is 4.79 Å². The minimum absolute atomic E-state index is 0.0514. The molecule has 7 nitrogen and oxygen atoms in total. The zero-order valence-corrected chi connectivity index (χ0v) is 14.0. The minimum Gasteiger partial charge on any atom is -0.338 e. The van der Waals surface area contributed by atoms with Crippen LogP contribution in [0.5, 0.6) is 0 Å². The molecule has 4 heterocycles. The third-order valence-electron chi connectivity index (χ3n) is 3.81. The van der Waals surface area contributed by atoms with E-state index in [0.29, 0.717) is 36.1 Å². The Kier molecular flexibility index (Phi) is 3.81. The van der Waals surface area contributed by atoms with Crippen molar-refractivity contribution in [1.82, 2.24) is 25.0 Å². The van der Waals surface area contributed by atoms with E-state index in [0.717, 1.165) is 4.47 Å². The van der Waals surface area contributed by atoms with Crippen LogP contribution in [-0.4, -0.2) is 44.0 Å². The average Bonchev–Trinajstić information content (AvgIpc) is 3.04. The van der Waals surface area contributed by atoms with Crippen molar-refractivity contribution < 1.29 is 9.32 Å². The summed E-state index contributed by atoms with van der Waals surface area (Å²) < 4.78 is 6.10. The van der Waals surface area contributed by atoms with Crippen molar-refractivity contribution in [3.63, 3.8) is 0 Å². The summed E-state index contributed by atoms with van der Waals surface area (Å²) in [5, 5.41) is 3.96. The van der Waals surface area contributed by atoms with E-state index >= 15 is 0 Å². The molecule has 0 aromatic carbocycles. The first-order valence-corrected chi connectivity index (χ1v) is 8.15. The number of aromatic nitrogens is 4. The number of hydrogen-bond donors (Lipinski definition) is 0. The van der Waals surface area contributed by atoms with E-state index in [1.165, 1.54) is 0 Å². The van der Waals surface area contributed by atoms with Gasteiger partial charge in [-0.3, -0.25) is 14.8 Å². The van der Waals surface area contributed by atoms with Gasteiger partial charge in [0.25, 0.3) is 5.91 Å². The maximum absolute atomic E-state index is 12.4. The quantitative estimate of drug-likeness (QED) is 0.688. The predicted molar refractivity (Wildman–Crippen MR) is 88.1 cm³/mol. The molecule has 1 fully saturated rings. The highest BCUT2D eigenvalue weighted by molar-refractivity contribution is 9.10. The van der Waals surface area contributed by atoms with Gasteiger partial charge in [0.2, 0.25) is 11.7 Å². The van der Waals surface area contributed by atoms with Gasteiger partial charge in [0.1, 0.15) is 5.69 Å². The van der Waals surface area contributed by atoms with Crippen LogP contribution in [0.3, 0.4) is 0 Å². The second kappa shape index (κ2) is 6.12. The largest absolute Gasteiger partial charge is 0.338 e. The molecule has 0 aliphatic carbocycles. The molecule has 24 heavy (non-hydrogen) atoms. The van der Waals surface area contributed by atoms with Gasteiger partial charge in [-0.1, -0.05) is 11.2 Å². The van der Waals surface area contributed by atoms with Gasteiger partial charge in [0.05, 0.1) is 11.5 Å².